The van der Waals surface area contributed by atoms with Gasteiger partial charge < -0.3 is 21.2 Å². The summed E-state index contributed by atoms with van der Waals surface area (Å²) < 4.78 is 0. The summed E-state index contributed by atoms with van der Waals surface area (Å²) >= 11 is 0. The van der Waals surface area contributed by atoms with Crippen molar-refractivity contribution in [1.82, 2.24) is 0 Å². The molecule has 0 saturated carbocycles. The molecule has 0 aromatic heterocycles. The predicted molar refractivity (Wildman–Crippen MR) is 27.1 cm³/mol. The third kappa shape index (κ3) is 26.3. The van der Waals surface area contributed by atoms with E-state index in [1.807, 2.05) is 0 Å². The van der Waals surface area contributed by atoms with Crippen LogP contribution in [0.3, 0.4) is 0 Å². The van der Waals surface area contributed by atoms with Gasteiger partial charge in [-0.05, 0) is 0 Å². The average Bonchev–Trinajstić information content (AvgIpc) is 1.27. The van der Waals surface area contributed by atoms with Gasteiger partial charge in [0, 0.05) is 16.8 Å². The number of carbonyl (C=O) groups is 2. The summed E-state index contributed by atoms with van der Waals surface area (Å²) in [6.45, 7) is 0. The van der Waals surface area contributed by atoms with E-state index < -0.39 is 18.4 Å². The molecule has 0 rings (SSSR count). The zero-order valence-electron chi connectivity index (χ0n) is 4.75. The third-order valence-corrected chi connectivity index (χ3v) is 0.302. The Morgan fingerprint density at radius 2 is 1.20 bits per heavy atom. The fourth-order valence-electron chi connectivity index (χ4n) is 0.129. The van der Waals surface area contributed by atoms with Gasteiger partial charge in [-0.25, -0.2) is 0 Å². The van der Waals surface area contributed by atoms with Crippen molar-refractivity contribution in [3.8, 4) is 0 Å². The Balaban J connectivity index is -0.0000000600. The van der Waals surface area contributed by atoms with E-state index in [0.717, 1.165) is 0 Å². The van der Waals surface area contributed by atoms with E-state index in [1.54, 1.807) is 0 Å². The molecule has 0 aliphatic carbocycles. The zero-order chi connectivity index (χ0) is 5.86. The maximum atomic E-state index is 9.43. The van der Waals surface area contributed by atoms with Gasteiger partial charge in [-0.1, -0.05) is 0 Å². The number of hydrogen-bond acceptors (Lipinski definition) is 2. The van der Waals surface area contributed by atoms with Gasteiger partial charge in [0.05, 0.1) is 0 Å². The number of carboxylic acid groups (broad SMARTS) is 2. The zero-order valence-corrected chi connectivity index (χ0v) is 5.79. The van der Waals surface area contributed by atoms with Crippen molar-refractivity contribution in [2.75, 3.05) is 0 Å². The van der Waals surface area contributed by atoms with E-state index in [0.29, 0.717) is 0 Å². The molecule has 0 fully saturated rings. The molecule has 0 atom stereocenters. The molecule has 0 amide bonds. The summed E-state index contributed by atoms with van der Waals surface area (Å²) in [6.07, 6.45) is -0.806. The van der Waals surface area contributed by atoms with Crippen LogP contribution in [0.15, 0.2) is 0 Å². The fraction of sp³-hybridized carbons (Fsp3) is 0.333. The molecule has 65 valence electrons. The van der Waals surface area contributed by atoms with Crippen LogP contribution in [0.5, 0.6) is 0 Å². The largest absolute Gasteiger partial charge is 0.481 e. The minimum absolute atomic E-state index is 0. The van der Waals surface area contributed by atoms with Gasteiger partial charge in [-0.3, -0.25) is 9.59 Å². The van der Waals surface area contributed by atoms with E-state index >= 15 is 0 Å². The molecule has 0 aromatic carbocycles. The van der Waals surface area contributed by atoms with Gasteiger partial charge in [0.1, 0.15) is 6.42 Å². The molecule has 6 nitrogen and oxygen atoms in total. The first-order valence-electron chi connectivity index (χ1n) is 1.56. The first-order chi connectivity index (χ1) is 3.13. The predicted octanol–water partition coefficient (Wildman–Crippen LogP) is -2.11. The van der Waals surface area contributed by atoms with Crippen molar-refractivity contribution in [3.63, 3.8) is 0 Å². The molecule has 0 aromatic rings. The first kappa shape index (κ1) is 22.8. The van der Waals surface area contributed by atoms with Gasteiger partial charge in [0.15, 0.2) is 0 Å². The number of aliphatic carboxylic acids is 2. The monoisotopic (exact) mass is 199 g/mol. The minimum Gasteiger partial charge on any atom is -0.481 e. The Bertz CT molecular complexity index is 89.2. The summed E-state index contributed by atoms with van der Waals surface area (Å²) in [5.74, 6) is -2.62. The van der Waals surface area contributed by atoms with Crippen LogP contribution in [-0.4, -0.2) is 33.1 Å². The molecule has 6 N–H and O–H groups in total. The van der Waals surface area contributed by atoms with Gasteiger partial charge in [-0.2, -0.15) is 0 Å². The van der Waals surface area contributed by atoms with Crippen LogP contribution in [0.25, 0.3) is 0 Å². The quantitative estimate of drug-likeness (QED) is 0.491. The summed E-state index contributed by atoms with van der Waals surface area (Å²) in [4.78, 5) is 18.9. The van der Waals surface area contributed by atoms with Crippen LogP contribution in [-0.2, 0) is 26.4 Å². The van der Waals surface area contributed by atoms with Crippen molar-refractivity contribution >= 4 is 11.9 Å². The maximum absolute atomic E-state index is 9.43. The molecular formula is C3H8CoO6. The van der Waals surface area contributed by atoms with E-state index in [1.165, 1.54) is 0 Å². The summed E-state index contributed by atoms with van der Waals surface area (Å²) in [7, 11) is 0. The van der Waals surface area contributed by atoms with Crippen LogP contribution in [0.4, 0.5) is 0 Å². The summed E-state index contributed by atoms with van der Waals surface area (Å²) in [6, 6.07) is 0. The normalized spacial score (nSPS) is 5.60. The Hall–Kier alpha value is -0.634. The van der Waals surface area contributed by atoms with Crippen LogP contribution in [0.1, 0.15) is 6.42 Å². The van der Waals surface area contributed by atoms with Crippen molar-refractivity contribution in [1.29, 1.82) is 0 Å². The summed E-state index contributed by atoms with van der Waals surface area (Å²) in [5.41, 5.74) is 0. The Morgan fingerprint density at radius 1 is 1.00 bits per heavy atom. The van der Waals surface area contributed by atoms with Crippen LogP contribution >= 0.6 is 0 Å². The topological polar surface area (TPSA) is 138 Å². The van der Waals surface area contributed by atoms with Gasteiger partial charge in [0.2, 0.25) is 0 Å². The molecule has 7 heteroatoms. The number of carboxylic acids is 2. The molecule has 1 radical (unpaired) electrons. The smallest absolute Gasteiger partial charge is 0.314 e. The van der Waals surface area contributed by atoms with Gasteiger partial charge in [0.25, 0.3) is 0 Å². The molecule has 0 saturated heterocycles. The Morgan fingerprint density at radius 3 is 1.20 bits per heavy atom. The SMILES string of the molecule is O.O.O=C(O)CC(=O)O.[Co]. The van der Waals surface area contributed by atoms with E-state index in [-0.39, 0.29) is 27.7 Å². The second-order valence-corrected chi connectivity index (χ2v) is 0.964. The molecule has 0 spiro atoms. The molecule has 10 heavy (non-hydrogen) atoms. The van der Waals surface area contributed by atoms with Crippen molar-refractivity contribution in [3.05, 3.63) is 0 Å². The first-order valence-corrected chi connectivity index (χ1v) is 1.56. The van der Waals surface area contributed by atoms with E-state index in [4.69, 9.17) is 10.2 Å². The van der Waals surface area contributed by atoms with Gasteiger partial charge >= 0.3 is 11.9 Å². The number of hydrogen-bond donors (Lipinski definition) is 2. The second kappa shape index (κ2) is 11.2. The molecule has 0 bridgehead atoms. The molecule has 0 unspecified atom stereocenters. The standard InChI is InChI=1S/C3H4O4.Co.2H2O/c4-2(5)1-3(6)7;;;/h1H2,(H,4,5)(H,6,7);;2*1H2. The van der Waals surface area contributed by atoms with Gasteiger partial charge in [-0.15, -0.1) is 0 Å². The van der Waals surface area contributed by atoms with Crippen LogP contribution in [0.2, 0.25) is 0 Å². The van der Waals surface area contributed by atoms with Crippen LogP contribution in [0, 0.1) is 0 Å². The average molecular weight is 199 g/mol. The second-order valence-electron chi connectivity index (χ2n) is 0.964. The van der Waals surface area contributed by atoms with Crippen molar-refractivity contribution in [2.24, 2.45) is 0 Å². The number of rotatable bonds is 2. The minimum atomic E-state index is -1.31. The van der Waals surface area contributed by atoms with Crippen LogP contribution < -0.4 is 0 Å². The van der Waals surface area contributed by atoms with E-state index in [9.17, 15) is 9.59 Å². The van der Waals surface area contributed by atoms with Crippen molar-refractivity contribution < 1.29 is 47.5 Å². The summed E-state index contributed by atoms with van der Waals surface area (Å²) in [5, 5.41) is 15.4. The van der Waals surface area contributed by atoms with Crippen molar-refractivity contribution in [2.45, 2.75) is 6.42 Å². The third-order valence-electron chi connectivity index (χ3n) is 0.302. The molecule has 0 heterocycles. The maximum Gasteiger partial charge on any atom is 0.314 e. The van der Waals surface area contributed by atoms with E-state index in [2.05, 4.69) is 0 Å². The molecule has 0 aliphatic heterocycles. The Kier molecular flexibility index (Phi) is 25.5. The molecule has 0 aliphatic rings. The fourth-order valence-corrected chi connectivity index (χ4v) is 0.129. The molecular weight excluding hydrogens is 191 g/mol. The Labute approximate surface area is 66.7 Å².